The van der Waals surface area contributed by atoms with Gasteiger partial charge in [0.1, 0.15) is 0 Å². The van der Waals surface area contributed by atoms with Crippen LogP contribution in [0.5, 0.6) is 0 Å². The lowest BCUT2D eigenvalue weighted by molar-refractivity contribution is 0.0796. The monoisotopic (exact) mass is 193 g/mol. The fourth-order valence-corrected chi connectivity index (χ4v) is 1.20. The van der Waals surface area contributed by atoms with E-state index in [1.54, 1.807) is 6.07 Å². The van der Waals surface area contributed by atoms with Crippen molar-refractivity contribution in [3.63, 3.8) is 0 Å². The average molecular weight is 193 g/mol. The van der Waals surface area contributed by atoms with E-state index in [1.165, 1.54) is 7.05 Å². The molecule has 0 aliphatic rings. The van der Waals surface area contributed by atoms with Gasteiger partial charge in [0.2, 0.25) is 0 Å². The average Bonchev–Trinajstić information content (AvgIpc) is 2.18. The first kappa shape index (κ1) is 10.5. The van der Waals surface area contributed by atoms with Crippen molar-refractivity contribution in [3.05, 3.63) is 29.8 Å². The van der Waals surface area contributed by atoms with Gasteiger partial charge in [-0.1, -0.05) is 12.1 Å². The number of nitrogens with one attached hydrogen (secondary N) is 1. The van der Waals surface area contributed by atoms with Gasteiger partial charge in [0.25, 0.3) is 5.91 Å². The molecule has 76 valence electrons. The molecule has 0 radical (unpaired) electrons. The summed E-state index contributed by atoms with van der Waals surface area (Å²) in [6.07, 6.45) is 0. The van der Waals surface area contributed by atoms with Crippen molar-refractivity contribution in [1.29, 1.82) is 0 Å². The van der Waals surface area contributed by atoms with E-state index in [4.69, 9.17) is 5.84 Å². The third kappa shape index (κ3) is 2.23. The highest BCUT2D eigenvalue weighted by atomic mass is 16.2. The molecule has 0 aromatic heterocycles. The number of rotatable bonds is 3. The molecule has 0 unspecified atom stereocenters. The fraction of sp³-hybridized carbons (Fsp3) is 0.300. The lowest BCUT2D eigenvalue weighted by atomic mass is 10.1. The third-order valence-electron chi connectivity index (χ3n) is 1.85. The molecule has 0 heterocycles. The molecule has 14 heavy (non-hydrogen) atoms. The molecule has 4 nitrogen and oxygen atoms in total. The molecule has 0 fully saturated rings. The van der Waals surface area contributed by atoms with Gasteiger partial charge in [-0.3, -0.25) is 9.80 Å². The summed E-state index contributed by atoms with van der Waals surface area (Å²) >= 11 is 0. The van der Waals surface area contributed by atoms with E-state index >= 15 is 0 Å². The first-order chi connectivity index (χ1) is 6.66. The van der Waals surface area contributed by atoms with E-state index in [0.717, 1.165) is 17.2 Å². The number of hydrazine groups is 1. The Morgan fingerprint density at radius 1 is 1.50 bits per heavy atom. The standard InChI is InChI=1S/C10H15N3O/c1-3-12-9-7-5-4-6-8(9)10(14)13(2)11/h4-7,12H,3,11H2,1-2H3. The highest BCUT2D eigenvalue weighted by Gasteiger charge is 2.11. The molecule has 1 aromatic carbocycles. The molecule has 0 atom stereocenters. The molecule has 0 spiro atoms. The Hall–Kier alpha value is -1.55. The minimum absolute atomic E-state index is 0.193. The second-order valence-electron chi connectivity index (χ2n) is 2.99. The molecule has 1 aromatic rings. The highest BCUT2D eigenvalue weighted by molar-refractivity contribution is 5.99. The number of carbonyl (C=O) groups is 1. The second kappa shape index (κ2) is 4.62. The van der Waals surface area contributed by atoms with Crippen molar-refractivity contribution >= 4 is 11.6 Å². The maximum absolute atomic E-state index is 11.6. The Bertz CT molecular complexity index is 323. The van der Waals surface area contributed by atoms with Gasteiger partial charge in [0.05, 0.1) is 5.56 Å². The molecule has 0 saturated carbocycles. The summed E-state index contributed by atoms with van der Waals surface area (Å²) in [7, 11) is 1.53. The van der Waals surface area contributed by atoms with E-state index in [2.05, 4.69) is 5.32 Å². The van der Waals surface area contributed by atoms with Crippen molar-refractivity contribution in [1.82, 2.24) is 5.01 Å². The summed E-state index contributed by atoms with van der Waals surface area (Å²) in [6, 6.07) is 7.31. The van der Waals surface area contributed by atoms with Crippen molar-refractivity contribution in [2.24, 2.45) is 5.84 Å². The maximum Gasteiger partial charge on any atom is 0.269 e. The number of amides is 1. The third-order valence-corrected chi connectivity index (χ3v) is 1.85. The number of nitrogens with zero attached hydrogens (tertiary/aromatic N) is 1. The predicted molar refractivity (Wildman–Crippen MR) is 56.9 cm³/mol. The lowest BCUT2D eigenvalue weighted by Gasteiger charge is -2.13. The van der Waals surface area contributed by atoms with E-state index in [1.807, 2.05) is 25.1 Å². The van der Waals surface area contributed by atoms with Gasteiger partial charge in [0, 0.05) is 19.3 Å². The molecule has 1 amide bonds. The smallest absolute Gasteiger partial charge is 0.269 e. The van der Waals surface area contributed by atoms with Gasteiger partial charge in [-0.25, -0.2) is 5.84 Å². The normalized spacial score (nSPS) is 9.64. The zero-order valence-corrected chi connectivity index (χ0v) is 8.45. The number of anilines is 1. The Morgan fingerprint density at radius 2 is 2.14 bits per heavy atom. The number of para-hydroxylation sites is 1. The lowest BCUT2D eigenvalue weighted by Crippen LogP contribution is -2.33. The number of hydrogen-bond acceptors (Lipinski definition) is 3. The number of carbonyl (C=O) groups excluding carboxylic acids is 1. The van der Waals surface area contributed by atoms with Gasteiger partial charge >= 0.3 is 0 Å². The van der Waals surface area contributed by atoms with E-state index in [9.17, 15) is 4.79 Å². The number of hydrogen-bond donors (Lipinski definition) is 2. The van der Waals surface area contributed by atoms with Crippen molar-refractivity contribution in [3.8, 4) is 0 Å². The number of nitrogens with two attached hydrogens (primary N) is 1. The highest BCUT2D eigenvalue weighted by Crippen LogP contribution is 2.15. The molecule has 3 N–H and O–H groups in total. The molecule has 1 rings (SSSR count). The first-order valence-electron chi connectivity index (χ1n) is 4.52. The molecule has 0 bridgehead atoms. The molecule has 4 heteroatoms. The summed E-state index contributed by atoms with van der Waals surface area (Å²) in [5.41, 5.74) is 1.41. The topological polar surface area (TPSA) is 58.4 Å². The van der Waals surface area contributed by atoms with Crippen LogP contribution in [0.3, 0.4) is 0 Å². The minimum atomic E-state index is -0.193. The van der Waals surface area contributed by atoms with Crippen LogP contribution in [0.1, 0.15) is 17.3 Å². The van der Waals surface area contributed by atoms with Crippen LogP contribution >= 0.6 is 0 Å². The van der Waals surface area contributed by atoms with Gasteiger partial charge in [-0.2, -0.15) is 0 Å². The quantitative estimate of drug-likeness (QED) is 0.429. The van der Waals surface area contributed by atoms with Gasteiger partial charge < -0.3 is 5.32 Å². The summed E-state index contributed by atoms with van der Waals surface area (Å²) in [6.45, 7) is 2.76. The molecule has 0 saturated heterocycles. The number of benzene rings is 1. The Balaban J connectivity index is 3.00. The fourth-order valence-electron chi connectivity index (χ4n) is 1.20. The molecule has 0 aliphatic heterocycles. The SMILES string of the molecule is CCNc1ccccc1C(=O)N(C)N. The maximum atomic E-state index is 11.6. The van der Waals surface area contributed by atoms with Crippen molar-refractivity contribution in [2.45, 2.75) is 6.92 Å². The Labute approximate surface area is 83.7 Å². The molecular formula is C10H15N3O. The van der Waals surface area contributed by atoms with E-state index in [-0.39, 0.29) is 5.91 Å². The molecule has 0 aliphatic carbocycles. The van der Waals surface area contributed by atoms with Gasteiger partial charge in [-0.15, -0.1) is 0 Å². The zero-order valence-electron chi connectivity index (χ0n) is 8.45. The Kier molecular flexibility index (Phi) is 3.48. The van der Waals surface area contributed by atoms with Crippen LogP contribution in [0, 0.1) is 0 Å². The van der Waals surface area contributed by atoms with Crippen LogP contribution in [0.2, 0.25) is 0 Å². The first-order valence-corrected chi connectivity index (χ1v) is 4.52. The van der Waals surface area contributed by atoms with Crippen LogP contribution in [0.15, 0.2) is 24.3 Å². The van der Waals surface area contributed by atoms with Crippen LogP contribution in [-0.4, -0.2) is 24.5 Å². The summed E-state index contributed by atoms with van der Waals surface area (Å²) in [5, 5.41) is 4.19. The van der Waals surface area contributed by atoms with Crippen LogP contribution in [-0.2, 0) is 0 Å². The summed E-state index contributed by atoms with van der Waals surface area (Å²) in [4.78, 5) is 11.6. The van der Waals surface area contributed by atoms with Crippen LogP contribution in [0.4, 0.5) is 5.69 Å². The van der Waals surface area contributed by atoms with Gasteiger partial charge in [0.15, 0.2) is 0 Å². The summed E-state index contributed by atoms with van der Waals surface area (Å²) < 4.78 is 0. The van der Waals surface area contributed by atoms with Crippen molar-refractivity contribution < 1.29 is 4.79 Å². The summed E-state index contributed by atoms with van der Waals surface area (Å²) in [5.74, 6) is 5.20. The second-order valence-corrected chi connectivity index (χ2v) is 2.99. The Morgan fingerprint density at radius 3 is 2.71 bits per heavy atom. The van der Waals surface area contributed by atoms with E-state index < -0.39 is 0 Å². The minimum Gasteiger partial charge on any atom is -0.385 e. The zero-order chi connectivity index (χ0) is 10.6. The largest absolute Gasteiger partial charge is 0.385 e. The van der Waals surface area contributed by atoms with E-state index in [0.29, 0.717) is 5.56 Å². The van der Waals surface area contributed by atoms with Crippen molar-refractivity contribution in [2.75, 3.05) is 18.9 Å². The van der Waals surface area contributed by atoms with Gasteiger partial charge in [-0.05, 0) is 19.1 Å². The predicted octanol–water partition coefficient (Wildman–Crippen LogP) is 1.06. The van der Waals surface area contributed by atoms with Crippen LogP contribution in [0.25, 0.3) is 0 Å². The molecular weight excluding hydrogens is 178 g/mol. The van der Waals surface area contributed by atoms with Crippen LogP contribution < -0.4 is 11.2 Å².